The Morgan fingerprint density at radius 1 is 1.38 bits per heavy atom. The molecule has 0 spiro atoms. The second kappa shape index (κ2) is 7.28. The van der Waals surface area contributed by atoms with Crippen LogP contribution in [0.4, 0.5) is 19.0 Å². The minimum absolute atomic E-state index is 0.0276. The highest BCUT2D eigenvalue weighted by molar-refractivity contribution is 6.03. The predicted molar refractivity (Wildman–Crippen MR) is 91.6 cm³/mol. The number of aromatic amines is 1. The number of nitrogens with zero attached hydrogens (tertiary/aromatic N) is 2. The molecular formula is C17H24F3N5O. The van der Waals surface area contributed by atoms with Crippen LogP contribution in [0.25, 0.3) is 0 Å². The number of halogens is 3. The number of rotatable bonds is 5. The number of hydrogen-bond donors (Lipinski definition) is 3. The van der Waals surface area contributed by atoms with Gasteiger partial charge in [0.25, 0.3) is 0 Å². The molecule has 0 radical (unpaired) electrons. The SMILES string of the molecule is CC1(N=C(NC(=O)CCC2CC2)Nc2cc(C(F)(F)F)[nH]n2)CCCC1. The lowest BCUT2D eigenvalue weighted by atomic mass is 10.0. The van der Waals surface area contributed by atoms with Crippen LogP contribution < -0.4 is 10.6 Å². The summed E-state index contributed by atoms with van der Waals surface area (Å²) in [6, 6.07) is 0.864. The van der Waals surface area contributed by atoms with E-state index in [4.69, 9.17) is 0 Å². The Morgan fingerprint density at radius 2 is 2.08 bits per heavy atom. The molecule has 0 aliphatic heterocycles. The van der Waals surface area contributed by atoms with Crippen molar-refractivity contribution in [3.05, 3.63) is 11.8 Å². The normalized spacial score (nSPS) is 20.2. The van der Waals surface area contributed by atoms with E-state index in [1.54, 1.807) is 0 Å². The van der Waals surface area contributed by atoms with Crippen LogP contribution in [0.2, 0.25) is 0 Å². The Balaban J connectivity index is 1.70. The molecule has 2 saturated carbocycles. The highest BCUT2D eigenvalue weighted by Crippen LogP contribution is 2.34. The molecule has 0 unspecified atom stereocenters. The van der Waals surface area contributed by atoms with Crippen LogP contribution >= 0.6 is 0 Å². The lowest BCUT2D eigenvalue weighted by Crippen LogP contribution is -2.38. The summed E-state index contributed by atoms with van der Waals surface area (Å²) in [4.78, 5) is 16.8. The Morgan fingerprint density at radius 3 is 2.65 bits per heavy atom. The summed E-state index contributed by atoms with van der Waals surface area (Å²) < 4.78 is 38.2. The van der Waals surface area contributed by atoms with E-state index >= 15 is 0 Å². The fraction of sp³-hybridized carbons (Fsp3) is 0.706. The lowest BCUT2D eigenvalue weighted by Gasteiger charge is -2.20. The van der Waals surface area contributed by atoms with Crippen molar-refractivity contribution in [1.29, 1.82) is 0 Å². The molecule has 0 saturated heterocycles. The van der Waals surface area contributed by atoms with Crippen molar-refractivity contribution in [2.45, 2.75) is 70.0 Å². The zero-order valence-electron chi connectivity index (χ0n) is 14.7. The Labute approximate surface area is 150 Å². The van der Waals surface area contributed by atoms with Gasteiger partial charge in [0, 0.05) is 12.5 Å². The number of amides is 1. The van der Waals surface area contributed by atoms with Crippen LogP contribution in [0.5, 0.6) is 0 Å². The Bertz CT molecular complexity index is 672. The molecule has 9 heteroatoms. The maximum Gasteiger partial charge on any atom is 0.432 e. The summed E-state index contributed by atoms with van der Waals surface area (Å²) in [6.45, 7) is 1.99. The van der Waals surface area contributed by atoms with E-state index in [-0.39, 0.29) is 23.2 Å². The van der Waals surface area contributed by atoms with Gasteiger partial charge < -0.3 is 5.32 Å². The van der Waals surface area contributed by atoms with Crippen LogP contribution in [0.15, 0.2) is 11.1 Å². The predicted octanol–water partition coefficient (Wildman–Crippen LogP) is 3.84. The first-order valence-corrected chi connectivity index (χ1v) is 9.03. The molecule has 0 aromatic carbocycles. The van der Waals surface area contributed by atoms with Gasteiger partial charge in [-0.15, -0.1) is 0 Å². The molecule has 1 amide bonds. The van der Waals surface area contributed by atoms with E-state index in [0.29, 0.717) is 12.3 Å². The van der Waals surface area contributed by atoms with Gasteiger partial charge >= 0.3 is 6.18 Å². The monoisotopic (exact) mass is 371 g/mol. The Hall–Kier alpha value is -2.06. The smallest absolute Gasteiger partial charge is 0.309 e. The first-order chi connectivity index (χ1) is 12.2. The van der Waals surface area contributed by atoms with Crippen molar-refractivity contribution in [3.63, 3.8) is 0 Å². The Kier molecular flexibility index (Phi) is 5.24. The van der Waals surface area contributed by atoms with E-state index < -0.39 is 11.9 Å². The molecule has 2 aliphatic rings. The number of guanidine groups is 1. The van der Waals surface area contributed by atoms with Crippen molar-refractivity contribution >= 4 is 17.7 Å². The van der Waals surface area contributed by atoms with Crippen LogP contribution in [-0.2, 0) is 11.0 Å². The molecule has 0 atom stereocenters. The van der Waals surface area contributed by atoms with E-state index in [1.165, 1.54) is 0 Å². The van der Waals surface area contributed by atoms with E-state index in [1.807, 2.05) is 12.0 Å². The number of anilines is 1. The summed E-state index contributed by atoms with van der Waals surface area (Å²) in [5.74, 6) is 0.578. The number of carbonyl (C=O) groups excluding carboxylic acids is 1. The average molecular weight is 371 g/mol. The summed E-state index contributed by atoms with van der Waals surface area (Å²) in [6.07, 6.45) is 2.89. The topological polar surface area (TPSA) is 82.2 Å². The summed E-state index contributed by atoms with van der Waals surface area (Å²) in [5, 5.41) is 11.0. The number of aromatic nitrogens is 2. The van der Waals surface area contributed by atoms with Gasteiger partial charge in [0.15, 0.2) is 5.82 Å². The van der Waals surface area contributed by atoms with Gasteiger partial charge in [0.1, 0.15) is 5.69 Å². The maximum absolute atomic E-state index is 12.7. The second-order valence-electron chi connectivity index (χ2n) is 7.48. The fourth-order valence-electron chi connectivity index (χ4n) is 3.19. The van der Waals surface area contributed by atoms with Gasteiger partial charge in [-0.3, -0.25) is 15.2 Å². The number of H-pyrrole nitrogens is 1. The third-order valence-corrected chi connectivity index (χ3v) is 4.93. The fourth-order valence-corrected chi connectivity index (χ4v) is 3.19. The molecule has 1 aromatic heterocycles. The van der Waals surface area contributed by atoms with Crippen LogP contribution in [0.1, 0.15) is 64.0 Å². The lowest BCUT2D eigenvalue weighted by molar-refractivity contribution is -0.141. The maximum atomic E-state index is 12.7. The van der Waals surface area contributed by atoms with Gasteiger partial charge in [0.05, 0.1) is 5.54 Å². The number of alkyl halides is 3. The second-order valence-corrected chi connectivity index (χ2v) is 7.48. The number of carbonyl (C=O) groups is 1. The molecule has 2 aliphatic carbocycles. The zero-order valence-corrected chi connectivity index (χ0v) is 14.7. The number of aliphatic imine (C=N–C) groups is 1. The molecule has 26 heavy (non-hydrogen) atoms. The summed E-state index contributed by atoms with van der Waals surface area (Å²) in [7, 11) is 0. The molecule has 6 nitrogen and oxygen atoms in total. The van der Waals surface area contributed by atoms with Crippen molar-refractivity contribution in [1.82, 2.24) is 15.5 Å². The highest BCUT2D eigenvalue weighted by atomic mass is 19.4. The largest absolute Gasteiger partial charge is 0.432 e. The third-order valence-electron chi connectivity index (χ3n) is 4.93. The van der Waals surface area contributed by atoms with Gasteiger partial charge in [-0.05, 0) is 32.1 Å². The minimum Gasteiger partial charge on any atom is -0.309 e. The van der Waals surface area contributed by atoms with E-state index in [0.717, 1.165) is 51.0 Å². The zero-order chi connectivity index (χ0) is 18.8. The van der Waals surface area contributed by atoms with Crippen molar-refractivity contribution < 1.29 is 18.0 Å². The van der Waals surface area contributed by atoms with Crippen molar-refractivity contribution in [2.24, 2.45) is 10.9 Å². The molecule has 0 bridgehead atoms. The van der Waals surface area contributed by atoms with E-state index in [9.17, 15) is 18.0 Å². The third kappa shape index (κ3) is 5.22. The molecule has 3 rings (SSSR count). The number of hydrogen-bond acceptors (Lipinski definition) is 3. The first-order valence-electron chi connectivity index (χ1n) is 9.03. The average Bonchev–Trinajstić information content (AvgIpc) is 3.08. The number of nitrogens with one attached hydrogen (secondary N) is 3. The molecular weight excluding hydrogens is 347 g/mol. The van der Waals surface area contributed by atoms with Crippen LogP contribution in [0.3, 0.4) is 0 Å². The first kappa shape index (κ1) is 18.7. The quantitative estimate of drug-likeness (QED) is 0.543. The van der Waals surface area contributed by atoms with Crippen molar-refractivity contribution in [3.8, 4) is 0 Å². The van der Waals surface area contributed by atoms with Gasteiger partial charge in [0.2, 0.25) is 11.9 Å². The standard InChI is InChI=1S/C17H24F3N5O/c1-16(8-2-3-9-16)23-15(22-14(26)7-6-11-4-5-11)21-13-10-12(24-25-13)17(18,19)20/h10-11H,2-9H2,1H3,(H3,21,22,23,24,25,26). The molecule has 3 N–H and O–H groups in total. The van der Waals surface area contributed by atoms with Crippen molar-refractivity contribution in [2.75, 3.05) is 5.32 Å². The molecule has 1 heterocycles. The molecule has 2 fully saturated rings. The van der Waals surface area contributed by atoms with Crippen LogP contribution in [-0.4, -0.2) is 27.6 Å². The van der Waals surface area contributed by atoms with Crippen LogP contribution in [0, 0.1) is 5.92 Å². The van der Waals surface area contributed by atoms with E-state index in [2.05, 4.69) is 20.7 Å². The molecule has 144 valence electrons. The van der Waals surface area contributed by atoms with Gasteiger partial charge in [-0.2, -0.15) is 18.3 Å². The summed E-state index contributed by atoms with van der Waals surface area (Å²) >= 11 is 0. The minimum atomic E-state index is -4.50. The highest BCUT2D eigenvalue weighted by Gasteiger charge is 2.33. The summed E-state index contributed by atoms with van der Waals surface area (Å²) in [5.41, 5.74) is -1.28. The van der Waals surface area contributed by atoms with Gasteiger partial charge in [-0.25, -0.2) is 4.99 Å². The molecule has 1 aromatic rings. The van der Waals surface area contributed by atoms with Gasteiger partial charge in [-0.1, -0.05) is 25.7 Å².